The van der Waals surface area contributed by atoms with E-state index in [-0.39, 0.29) is 18.5 Å². The van der Waals surface area contributed by atoms with Gasteiger partial charge in [-0.25, -0.2) is 4.79 Å². The molecule has 1 N–H and O–H groups in total. The largest absolute Gasteiger partial charge is 0.496 e. The molecular weight excluding hydrogens is 398 g/mol. The number of thiophene rings is 1. The van der Waals surface area contributed by atoms with Gasteiger partial charge in [0.2, 0.25) is 0 Å². The number of nitrogens with one attached hydrogen (secondary N) is 1. The average molecular weight is 422 g/mol. The Kier molecular flexibility index (Phi) is 6.62. The van der Waals surface area contributed by atoms with Gasteiger partial charge in [0.05, 0.1) is 24.8 Å². The van der Waals surface area contributed by atoms with E-state index < -0.39 is 0 Å². The molecule has 1 aliphatic rings. The summed E-state index contributed by atoms with van der Waals surface area (Å²) >= 11 is 7.52. The summed E-state index contributed by atoms with van der Waals surface area (Å²) in [6.45, 7) is 4.25. The van der Waals surface area contributed by atoms with Crippen LogP contribution in [0, 0.1) is 5.92 Å². The minimum Gasteiger partial charge on any atom is -0.496 e. The first-order chi connectivity index (χ1) is 13.5. The van der Waals surface area contributed by atoms with E-state index >= 15 is 0 Å². The normalized spacial score (nSPS) is 15.6. The van der Waals surface area contributed by atoms with Gasteiger partial charge >= 0.3 is 5.97 Å². The van der Waals surface area contributed by atoms with E-state index in [0.717, 1.165) is 36.1 Å². The van der Waals surface area contributed by atoms with E-state index in [1.165, 1.54) is 18.4 Å². The maximum Gasteiger partial charge on any atom is 0.341 e. The van der Waals surface area contributed by atoms with Gasteiger partial charge in [-0.1, -0.05) is 24.9 Å². The van der Waals surface area contributed by atoms with Gasteiger partial charge in [0.25, 0.3) is 5.91 Å². The fraction of sp³-hybridized carbons (Fsp3) is 0.429. The van der Waals surface area contributed by atoms with E-state index in [1.54, 1.807) is 25.1 Å². The van der Waals surface area contributed by atoms with Crippen LogP contribution in [0.1, 0.15) is 57.8 Å². The van der Waals surface area contributed by atoms with Gasteiger partial charge in [-0.3, -0.25) is 4.79 Å². The minimum atomic E-state index is -0.386. The predicted octanol–water partition coefficient (Wildman–Crippen LogP) is 5.35. The zero-order valence-electron chi connectivity index (χ0n) is 16.3. The third kappa shape index (κ3) is 4.18. The highest BCUT2D eigenvalue weighted by Crippen LogP contribution is 2.41. The van der Waals surface area contributed by atoms with Gasteiger partial charge in [-0.2, -0.15) is 0 Å². The van der Waals surface area contributed by atoms with Crippen LogP contribution in [0.5, 0.6) is 5.75 Å². The molecule has 7 heteroatoms. The molecule has 0 aliphatic heterocycles. The number of esters is 1. The highest BCUT2D eigenvalue weighted by Gasteiger charge is 2.30. The van der Waals surface area contributed by atoms with Crippen LogP contribution in [-0.2, 0) is 17.6 Å². The van der Waals surface area contributed by atoms with Crippen molar-refractivity contribution in [3.8, 4) is 5.75 Å². The van der Waals surface area contributed by atoms with Crippen molar-refractivity contribution >= 4 is 39.8 Å². The Morgan fingerprint density at radius 3 is 2.79 bits per heavy atom. The number of halogens is 1. The number of hydrogen-bond acceptors (Lipinski definition) is 5. The number of carbonyl (C=O) groups is 2. The van der Waals surface area contributed by atoms with Crippen LogP contribution in [0.15, 0.2) is 18.2 Å². The highest BCUT2D eigenvalue weighted by atomic mass is 35.5. The van der Waals surface area contributed by atoms with E-state index in [4.69, 9.17) is 21.1 Å². The van der Waals surface area contributed by atoms with Crippen molar-refractivity contribution in [1.29, 1.82) is 0 Å². The number of methoxy groups -OCH3 is 1. The second-order valence-electron chi connectivity index (χ2n) is 6.74. The zero-order valence-corrected chi connectivity index (χ0v) is 17.8. The molecule has 0 saturated carbocycles. The molecular formula is C21H24ClNO4S. The Morgan fingerprint density at radius 1 is 1.32 bits per heavy atom. The van der Waals surface area contributed by atoms with Gasteiger partial charge in [0, 0.05) is 9.90 Å². The first-order valence-electron chi connectivity index (χ1n) is 9.44. The van der Waals surface area contributed by atoms with E-state index in [2.05, 4.69) is 12.2 Å². The fourth-order valence-corrected chi connectivity index (χ4v) is 5.06. The second kappa shape index (κ2) is 8.97. The molecule has 1 atom stereocenters. The molecule has 0 fully saturated rings. The van der Waals surface area contributed by atoms with Crippen molar-refractivity contribution in [2.45, 2.75) is 39.5 Å². The van der Waals surface area contributed by atoms with E-state index in [0.29, 0.717) is 32.8 Å². The van der Waals surface area contributed by atoms with Crippen molar-refractivity contribution in [1.82, 2.24) is 0 Å². The number of rotatable bonds is 6. The molecule has 28 heavy (non-hydrogen) atoms. The molecule has 1 aliphatic carbocycles. The van der Waals surface area contributed by atoms with Crippen LogP contribution in [0.2, 0.25) is 5.02 Å². The molecule has 150 valence electrons. The summed E-state index contributed by atoms with van der Waals surface area (Å²) in [5.74, 6) is 0.281. The van der Waals surface area contributed by atoms with E-state index in [9.17, 15) is 9.59 Å². The van der Waals surface area contributed by atoms with Crippen LogP contribution in [-0.4, -0.2) is 25.6 Å². The Morgan fingerprint density at radius 2 is 2.11 bits per heavy atom. The maximum atomic E-state index is 12.9. The lowest BCUT2D eigenvalue weighted by Crippen LogP contribution is -2.17. The lowest BCUT2D eigenvalue weighted by atomic mass is 9.85. The zero-order chi connectivity index (χ0) is 20.3. The van der Waals surface area contributed by atoms with Crippen molar-refractivity contribution in [3.05, 3.63) is 44.8 Å². The van der Waals surface area contributed by atoms with Crippen LogP contribution < -0.4 is 10.1 Å². The number of fused-ring (bicyclic) bond motifs is 1. The summed E-state index contributed by atoms with van der Waals surface area (Å²) in [6.07, 6.45) is 3.91. The third-order valence-corrected chi connectivity index (χ3v) is 6.46. The van der Waals surface area contributed by atoms with Gasteiger partial charge in [0.15, 0.2) is 0 Å². The standard InChI is InChI=1S/C21H24ClNO4S/c1-4-12-6-8-14-17(10-12)28-20(18(14)21(25)27-5-2)23-19(24)15-11-13(22)7-9-16(15)26-3/h7,9,11-12H,4-6,8,10H2,1-3H3,(H,23,24). The van der Waals surface area contributed by atoms with Crippen molar-refractivity contribution in [2.75, 3.05) is 19.0 Å². The number of anilines is 1. The summed E-state index contributed by atoms with van der Waals surface area (Å²) in [6, 6.07) is 4.87. The molecule has 1 amide bonds. The van der Waals surface area contributed by atoms with Gasteiger partial charge in [-0.05, 0) is 55.9 Å². The maximum absolute atomic E-state index is 12.9. The van der Waals surface area contributed by atoms with Gasteiger partial charge in [0.1, 0.15) is 10.8 Å². The Hall–Kier alpha value is -2.05. The molecule has 5 nitrogen and oxygen atoms in total. The molecule has 1 heterocycles. The summed E-state index contributed by atoms with van der Waals surface area (Å²) in [5, 5.41) is 3.87. The molecule has 3 rings (SSSR count). The quantitative estimate of drug-likeness (QED) is 0.638. The molecule has 2 aromatic rings. The van der Waals surface area contributed by atoms with Gasteiger partial charge < -0.3 is 14.8 Å². The number of benzene rings is 1. The second-order valence-corrected chi connectivity index (χ2v) is 8.29. The average Bonchev–Trinajstić information content (AvgIpc) is 3.04. The number of ether oxygens (including phenoxy) is 2. The van der Waals surface area contributed by atoms with Crippen LogP contribution in [0.4, 0.5) is 5.00 Å². The van der Waals surface area contributed by atoms with Crippen LogP contribution in [0.3, 0.4) is 0 Å². The Bertz CT molecular complexity index is 893. The van der Waals surface area contributed by atoms with Crippen molar-refractivity contribution < 1.29 is 19.1 Å². The van der Waals surface area contributed by atoms with Crippen molar-refractivity contribution in [3.63, 3.8) is 0 Å². The number of carbonyl (C=O) groups excluding carboxylic acids is 2. The first-order valence-corrected chi connectivity index (χ1v) is 10.6. The molecule has 1 aromatic carbocycles. The molecule has 1 aromatic heterocycles. The van der Waals surface area contributed by atoms with Crippen molar-refractivity contribution in [2.24, 2.45) is 5.92 Å². The molecule has 1 unspecified atom stereocenters. The Labute approximate surface area is 174 Å². The van der Waals surface area contributed by atoms with Crippen LogP contribution >= 0.6 is 22.9 Å². The summed E-state index contributed by atoms with van der Waals surface area (Å²) in [7, 11) is 1.50. The topological polar surface area (TPSA) is 64.6 Å². The molecule has 0 bridgehead atoms. The lowest BCUT2D eigenvalue weighted by Gasteiger charge is -2.20. The highest BCUT2D eigenvalue weighted by molar-refractivity contribution is 7.17. The number of hydrogen-bond donors (Lipinski definition) is 1. The summed E-state index contributed by atoms with van der Waals surface area (Å²) in [5.41, 5.74) is 1.83. The molecule has 0 saturated heterocycles. The smallest absolute Gasteiger partial charge is 0.341 e. The molecule has 0 spiro atoms. The summed E-state index contributed by atoms with van der Waals surface area (Å²) in [4.78, 5) is 26.7. The Balaban J connectivity index is 1.97. The summed E-state index contributed by atoms with van der Waals surface area (Å²) < 4.78 is 10.5. The number of amides is 1. The fourth-order valence-electron chi connectivity index (χ4n) is 3.54. The minimum absolute atomic E-state index is 0.288. The third-order valence-electron chi connectivity index (χ3n) is 5.06. The monoisotopic (exact) mass is 421 g/mol. The van der Waals surface area contributed by atoms with E-state index in [1.807, 2.05) is 0 Å². The lowest BCUT2D eigenvalue weighted by molar-refractivity contribution is 0.0526. The van der Waals surface area contributed by atoms with Crippen LogP contribution in [0.25, 0.3) is 0 Å². The first kappa shape index (κ1) is 20.7. The SMILES string of the molecule is CCOC(=O)c1c(NC(=O)c2cc(Cl)ccc2OC)sc2c1CCC(CC)C2. The van der Waals surface area contributed by atoms with Gasteiger partial charge in [-0.15, -0.1) is 11.3 Å². The predicted molar refractivity (Wildman–Crippen MR) is 112 cm³/mol. The molecule has 0 radical (unpaired) electrons.